The Morgan fingerprint density at radius 2 is 2.03 bits per heavy atom. The Kier molecular flexibility index (Phi) is 4.91. The summed E-state index contributed by atoms with van der Waals surface area (Å²) in [5.41, 5.74) is 3.06. The number of ether oxygens (including phenoxy) is 2. The van der Waals surface area contributed by atoms with Gasteiger partial charge in [-0.3, -0.25) is 9.59 Å². The van der Waals surface area contributed by atoms with E-state index >= 15 is 0 Å². The number of nitrogens with one attached hydrogen (secondary N) is 1. The van der Waals surface area contributed by atoms with Gasteiger partial charge in [-0.15, -0.1) is 0 Å². The maximum atomic E-state index is 13.1. The molecular formula is C23H22N4O4. The number of para-hydroxylation sites is 1. The van der Waals surface area contributed by atoms with Gasteiger partial charge in [0.2, 0.25) is 5.91 Å². The average Bonchev–Trinajstić information content (AvgIpc) is 3.47. The van der Waals surface area contributed by atoms with Gasteiger partial charge in [0.1, 0.15) is 5.75 Å². The Labute approximate surface area is 179 Å². The maximum absolute atomic E-state index is 13.1. The van der Waals surface area contributed by atoms with Crippen molar-refractivity contribution >= 4 is 23.2 Å². The SMILES string of the molecule is CN1C(=O)COc2ccc(NC(=O)[C@H]3CCO[C@@H]3c3cnn(-c4ccccc4)c3)cc21. The van der Waals surface area contributed by atoms with Crippen LogP contribution in [0.15, 0.2) is 60.9 Å². The second kappa shape index (κ2) is 7.88. The summed E-state index contributed by atoms with van der Waals surface area (Å²) in [6, 6.07) is 15.1. The van der Waals surface area contributed by atoms with E-state index in [1.54, 1.807) is 36.1 Å². The molecule has 2 aliphatic heterocycles. The summed E-state index contributed by atoms with van der Waals surface area (Å²) in [5, 5.41) is 7.39. The average molecular weight is 418 g/mol. The van der Waals surface area contributed by atoms with Gasteiger partial charge in [0.15, 0.2) is 6.61 Å². The van der Waals surface area contributed by atoms with Crippen molar-refractivity contribution in [2.75, 3.05) is 30.5 Å². The molecule has 1 fully saturated rings. The van der Waals surface area contributed by atoms with Gasteiger partial charge in [0.25, 0.3) is 5.91 Å². The summed E-state index contributed by atoms with van der Waals surface area (Å²) in [6.45, 7) is 0.529. The van der Waals surface area contributed by atoms with E-state index in [9.17, 15) is 9.59 Å². The highest BCUT2D eigenvalue weighted by molar-refractivity contribution is 5.99. The normalized spacial score (nSPS) is 20.3. The molecule has 2 atom stereocenters. The van der Waals surface area contributed by atoms with Gasteiger partial charge < -0.3 is 19.7 Å². The van der Waals surface area contributed by atoms with E-state index in [1.807, 2.05) is 36.5 Å². The van der Waals surface area contributed by atoms with Crippen LogP contribution in [-0.2, 0) is 14.3 Å². The van der Waals surface area contributed by atoms with Crippen LogP contribution in [0.2, 0.25) is 0 Å². The first kappa shape index (κ1) is 19.3. The summed E-state index contributed by atoms with van der Waals surface area (Å²) >= 11 is 0. The van der Waals surface area contributed by atoms with Crippen molar-refractivity contribution in [3.05, 3.63) is 66.5 Å². The minimum absolute atomic E-state index is 0.0208. The molecule has 2 aliphatic rings. The summed E-state index contributed by atoms with van der Waals surface area (Å²) in [5.74, 6) is 0.0341. The van der Waals surface area contributed by atoms with Gasteiger partial charge >= 0.3 is 0 Å². The number of rotatable bonds is 4. The monoisotopic (exact) mass is 418 g/mol. The highest BCUT2D eigenvalue weighted by Gasteiger charge is 2.36. The fourth-order valence-electron chi connectivity index (χ4n) is 3.98. The third-order valence-corrected chi connectivity index (χ3v) is 5.69. The van der Waals surface area contributed by atoms with Crippen molar-refractivity contribution in [2.45, 2.75) is 12.5 Å². The zero-order chi connectivity index (χ0) is 21.4. The molecule has 0 saturated carbocycles. The first-order valence-corrected chi connectivity index (χ1v) is 10.2. The molecule has 1 aromatic heterocycles. The van der Waals surface area contributed by atoms with Crippen LogP contribution in [0, 0.1) is 5.92 Å². The largest absolute Gasteiger partial charge is 0.482 e. The van der Waals surface area contributed by atoms with Crippen LogP contribution in [0.3, 0.4) is 0 Å². The molecule has 5 rings (SSSR count). The Hall–Kier alpha value is -3.65. The van der Waals surface area contributed by atoms with E-state index in [1.165, 1.54) is 4.90 Å². The van der Waals surface area contributed by atoms with Crippen molar-refractivity contribution in [1.29, 1.82) is 0 Å². The van der Waals surface area contributed by atoms with Crippen LogP contribution in [0.4, 0.5) is 11.4 Å². The molecule has 0 spiro atoms. The molecule has 2 amide bonds. The number of fused-ring (bicyclic) bond motifs is 1. The number of carbonyl (C=O) groups is 2. The number of benzene rings is 2. The minimum atomic E-state index is -0.359. The van der Waals surface area contributed by atoms with Crippen LogP contribution < -0.4 is 15.0 Å². The maximum Gasteiger partial charge on any atom is 0.264 e. The molecule has 8 heteroatoms. The number of likely N-dealkylation sites (N-methyl/N-ethyl adjacent to an activating group) is 1. The molecule has 31 heavy (non-hydrogen) atoms. The van der Waals surface area contributed by atoms with Gasteiger partial charge in [-0.1, -0.05) is 18.2 Å². The van der Waals surface area contributed by atoms with Crippen LogP contribution in [0.5, 0.6) is 5.75 Å². The number of hydrogen-bond acceptors (Lipinski definition) is 5. The molecule has 0 radical (unpaired) electrons. The van der Waals surface area contributed by atoms with E-state index in [0.717, 1.165) is 11.3 Å². The molecule has 1 saturated heterocycles. The van der Waals surface area contributed by atoms with Crippen LogP contribution >= 0.6 is 0 Å². The Bertz CT molecular complexity index is 1130. The van der Waals surface area contributed by atoms with Gasteiger partial charge in [-0.25, -0.2) is 4.68 Å². The van der Waals surface area contributed by atoms with Crippen LogP contribution in [0.25, 0.3) is 5.69 Å². The number of amides is 2. The second-order valence-electron chi connectivity index (χ2n) is 7.65. The number of carbonyl (C=O) groups excluding carboxylic acids is 2. The van der Waals surface area contributed by atoms with Gasteiger partial charge in [0.05, 0.1) is 29.6 Å². The highest BCUT2D eigenvalue weighted by Crippen LogP contribution is 2.37. The second-order valence-corrected chi connectivity index (χ2v) is 7.65. The van der Waals surface area contributed by atoms with Crippen molar-refractivity contribution < 1.29 is 19.1 Å². The zero-order valence-electron chi connectivity index (χ0n) is 17.0. The number of nitrogens with zero attached hydrogens (tertiary/aromatic N) is 3. The lowest BCUT2D eigenvalue weighted by Gasteiger charge is -2.26. The molecule has 1 N–H and O–H groups in total. The van der Waals surface area contributed by atoms with E-state index in [0.29, 0.717) is 30.2 Å². The molecule has 3 heterocycles. The van der Waals surface area contributed by atoms with Crippen molar-refractivity contribution in [2.24, 2.45) is 5.92 Å². The fraction of sp³-hybridized carbons (Fsp3) is 0.261. The van der Waals surface area contributed by atoms with Crippen LogP contribution in [0.1, 0.15) is 18.1 Å². The number of aromatic nitrogens is 2. The molecule has 0 bridgehead atoms. The van der Waals surface area contributed by atoms with Crippen molar-refractivity contribution in [1.82, 2.24) is 9.78 Å². The summed E-state index contributed by atoms with van der Waals surface area (Å²) in [7, 11) is 1.69. The Morgan fingerprint density at radius 3 is 2.87 bits per heavy atom. The molecule has 8 nitrogen and oxygen atoms in total. The summed E-state index contributed by atoms with van der Waals surface area (Å²) < 4.78 is 13.1. The van der Waals surface area contributed by atoms with Crippen molar-refractivity contribution in [3.8, 4) is 11.4 Å². The fourth-order valence-corrected chi connectivity index (χ4v) is 3.98. The molecular weight excluding hydrogens is 396 g/mol. The topological polar surface area (TPSA) is 85.7 Å². The number of anilines is 2. The summed E-state index contributed by atoms with van der Waals surface area (Å²) in [4.78, 5) is 26.5. The van der Waals surface area contributed by atoms with Crippen LogP contribution in [-0.4, -0.2) is 41.9 Å². The predicted octanol–water partition coefficient (Wildman–Crippen LogP) is 2.94. The molecule has 0 aliphatic carbocycles. The van der Waals surface area contributed by atoms with E-state index in [2.05, 4.69) is 10.4 Å². The lowest BCUT2D eigenvalue weighted by Crippen LogP contribution is -2.35. The molecule has 3 aromatic rings. The quantitative estimate of drug-likeness (QED) is 0.704. The Morgan fingerprint density at radius 1 is 1.19 bits per heavy atom. The third-order valence-electron chi connectivity index (χ3n) is 5.69. The van der Waals surface area contributed by atoms with Gasteiger partial charge in [-0.05, 0) is 36.8 Å². The zero-order valence-corrected chi connectivity index (χ0v) is 17.0. The predicted molar refractivity (Wildman–Crippen MR) is 114 cm³/mol. The highest BCUT2D eigenvalue weighted by atomic mass is 16.5. The van der Waals surface area contributed by atoms with Gasteiger partial charge in [0, 0.05) is 31.1 Å². The Balaban J connectivity index is 1.33. The number of hydrogen-bond donors (Lipinski definition) is 1. The van der Waals surface area contributed by atoms with Crippen molar-refractivity contribution in [3.63, 3.8) is 0 Å². The molecule has 158 valence electrons. The first-order valence-electron chi connectivity index (χ1n) is 10.2. The first-order chi connectivity index (χ1) is 15.1. The molecule has 2 aromatic carbocycles. The van der Waals surface area contributed by atoms with E-state index in [-0.39, 0.29) is 30.4 Å². The third kappa shape index (κ3) is 3.66. The smallest absolute Gasteiger partial charge is 0.264 e. The molecule has 0 unspecified atom stereocenters. The lowest BCUT2D eigenvalue weighted by molar-refractivity contribution is -0.122. The minimum Gasteiger partial charge on any atom is -0.482 e. The lowest BCUT2D eigenvalue weighted by atomic mass is 9.96. The van der Waals surface area contributed by atoms with Gasteiger partial charge in [-0.2, -0.15) is 5.10 Å². The van der Waals surface area contributed by atoms with E-state index in [4.69, 9.17) is 9.47 Å². The standard InChI is InChI=1S/C23H22N4O4/c1-26-19-11-16(7-8-20(19)31-14-21(26)28)25-23(29)18-9-10-30-22(18)15-12-24-27(13-15)17-5-3-2-4-6-17/h2-8,11-13,18,22H,9-10,14H2,1H3,(H,25,29)/t18-,22+/m0/s1. The summed E-state index contributed by atoms with van der Waals surface area (Å²) in [6.07, 6.45) is 3.92. The van der Waals surface area contributed by atoms with E-state index < -0.39 is 0 Å².